The van der Waals surface area contributed by atoms with Crippen LogP contribution in [0, 0.1) is 0 Å². The number of hydrogen-bond donors (Lipinski definition) is 0. The molecular formula is C84H70N4. The number of rotatable bonds is 13. The molecule has 0 unspecified atom stereocenters. The average molecular weight is 1140 g/mol. The van der Waals surface area contributed by atoms with Crippen LogP contribution in [0.2, 0.25) is 0 Å². The summed E-state index contributed by atoms with van der Waals surface area (Å²) in [4.78, 5) is 9.59. The third-order valence-corrected chi connectivity index (χ3v) is 17.3. The predicted octanol–water partition coefficient (Wildman–Crippen LogP) is 24.4. The summed E-state index contributed by atoms with van der Waals surface area (Å²) in [5.74, 6) is 0. The van der Waals surface area contributed by atoms with Crippen LogP contribution in [-0.2, 0) is 10.8 Å². The predicted molar refractivity (Wildman–Crippen MR) is 378 cm³/mol. The van der Waals surface area contributed by atoms with E-state index in [9.17, 15) is 0 Å². The van der Waals surface area contributed by atoms with Gasteiger partial charge in [-0.3, -0.25) is 0 Å². The van der Waals surface area contributed by atoms with Gasteiger partial charge in [0.1, 0.15) is 0 Å². The number of anilines is 12. The van der Waals surface area contributed by atoms with Gasteiger partial charge in [-0.25, -0.2) is 0 Å². The second kappa shape index (κ2) is 23.0. The first-order valence-corrected chi connectivity index (χ1v) is 30.6. The molecule has 426 valence electrons. The van der Waals surface area contributed by atoms with Crippen LogP contribution in [0.15, 0.2) is 315 Å². The van der Waals surface area contributed by atoms with E-state index in [0.29, 0.717) is 0 Å². The number of benzene rings is 14. The Hall–Kier alpha value is -10.7. The lowest BCUT2D eigenvalue weighted by Gasteiger charge is -2.30. The third-order valence-electron chi connectivity index (χ3n) is 17.3. The van der Waals surface area contributed by atoms with Crippen LogP contribution in [0.1, 0.15) is 52.7 Å². The molecular weight excluding hydrogens is 1060 g/mol. The summed E-state index contributed by atoms with van der Waals surface area (Å²) < 4.78 is 0. The molecule has 0 spiro atoms. The van der Waals surface area contributed by atoms with Gasteiger partial charge in [0, 0.05) is 67.0 Å². The molecule has 4 nitrogen and oxygen atoms in total. The summed E-state index contributed by atoms with van der Waals surface area (Å²) in [6.45, 7) is 13.6. The van der Waals surface area contributed by atoms with Gasteiger partial charge >= 0.3 is 0 Å². The highest BCUT2D eigenvalue weighted by atomic mass is 15.2. The lowest BCUT2D eigenvalue weighted by Crippen LogP contribution is -2.14. The summed E-state index contributed by atoms with van der Waals surface area (Å²) in [6, 6.07) is 116. The van der Waals surface area contributed by atoms with Crippen LogP contribution >= 0.6 is 0 Å². The van der Waals surface area contributed by atoms with Crippen molar-refractivity contribution in [1.82, 2.24) is 0 Å². The van der Waals surface area contributed by atoms with Crippen LogP contribution in [0.4, 0.5) is 68.2 Å². The van der Waals surface area contributed by atoms with Gasteiger partial charge in [-0.15, -0.1) is 0 Å². The van der Waals surface area contributed by atoms with E-state index in [2.05, 4.69) is 377 Å². The molecule has 14 aromatic rings. The highest BCUT2D eigenvalue weighted by Gasteiger charge is 2.24. The van der Waals surface area contributed by atoms with Gasteiger partial charge in [-0.1, -0.05) is 236 Å². The zero-order valence-electron chi connectivity index (χ0n) is 50.8. The van der Waals surface area contributed by atoms with Crippen molar-refractivity contribution >= 4 is 111 Å². The molecule has 14 aromatic carbocycles. The summed E-state index contributed by atoms with van der Waals surface area (Å²) in [5, 5.41) is 9.57. The maximum Gasteiger partial charge on any atom is 0.0540 e. The van der Waals surface area contributed by atoms with Crippen LogP contribution in [-0.4, -0.2) is 0 Å². The normalized spacial score (nSPS) is 11.8. The number of hydrogen-bond acceptors (Lipinski definition) is 4. The fraction of sp³-hybridized carbons (Fsp3) is 0.0952. The van der Waals surface area contributed by atoms with Crippen molar-refractivity contribution in [2.75, 3.05) is 19.6 Å². The molecule has 0 saturated heterocycles. The first-order valence-electron chi connectivity index (χ1n) is 30.6. The van der Waals surface area contributed by atoms with Gasteiger partial charge in [0.2, 0.25) is 0 Å². The van der Waals surface area contributed by atoms with Crippen LogP contribution in [0.3, 0.4) is 0 Å². The minimum atomic E-state index is 0.0408. The highest BCUT2D eigenvalue weighted by molar-refractivity contribution is 6.03. The summed E-state index contributed by atoms with van der Waals surface area (Å²) in [7, 11) is 0. The molecule has 0 heterocycles. The van der Waals surface area contributed by atoms with E-state index in [1.54, 1.807) is 0 Å². The lowest BCUT2D eigenvalue weighted by atomic mass is 9.87. The van der Waals surface area contributed by atoms with Crippen molar-refractivity contribution in [3.63, 3.8) is 0 Å². The first-order chi connectivity index (χ1) is 42.9. The average Bonchev–Trinajstić information content (AvgIpc) is 1.89. The SMILES string of the molecule is CC(C)(C)c1ccc(N(c2ccc(N(c3ccc(-c4ccc(N(c5ccc(N(c6ccc(C(C)(C)C)cc6)c6cccc7ccccc67)cc5)c5cccc6ccccc56)cc4)cc3)c3cccc4ccccc34)cc2)c2cccc3ccccc23)cc1. The molecule has 0 fully saturated rings. The van der Waals surface area contributed by atoms with Crippen molar-refractivity contribution in [1.29, 1.82) is 0 Å². The van der Waals surface area contributed by atoms with E-state index >= 15 is 0 Å². The maximum atomic E-state index is 2.40. The third kappa shape index (κ3) is 10.7. The van der Waals surface area contributed by atoms with Gasteiger partial charge in [-0.2, -0.15) is 0 Å². The molecule has 88 heavy (non-hydrogen) atoms. The summed E-state index contributed by atoms with van der Waals surface area (Å²) >= 11 is 0. The van der Waals surface area contributed by atoms with Crippen LogP contribution in [0.5, 0.6) is 0 Å². The molecule has 0 aliphatic carbocycles. The second-order valence-corrected chi connectivity index (χ2v) is 25.1. The largest absolute Gasteiger partial charge is 0.310 e. The van der Waals surface area contributed by atoms with E-state index in [0.717, 1.165) is 79.4 Å². The van der Waals surface area contributed by atoms with Crippen molar-refractivity contribution in [2.45, 2.75) is 52.4 Å². The fourth-order valence-electron chi connectivity index (χ4n) is 12.7. The van der Waals surface area contributed by atoms with Crippen molar-refractivity contribution in [3.8, 4) is 11.1 Å². The Bertz CT molecular complexity index is 4450. The molecule has 4 heteroatoms. The minimum absolute atomic E-state index is 0.0408. The standard InChI is InChI=1S/C84H70N4/c1-83(2,3)65-39-47-69(48-40-65)87(81-33-17-25-63-21-9-13-29-77(63)81)73-55-51-71(52-56-73)85(79-31-15-23-61-19-7-11-27-75(61)79)67-43-35-59(36-44-67)60-37-45-68(46-38-60)86(80-32-16-24-62-20-8-12-28-76(62)80)72-53-57-74(58-54-72)88(70-49-41-66(42-50-70)84(4,5)6)82-34-18-26-64-22-10-14-30-78(64)82/h7-58H,1-6H3. The smallest absolute Gasteiger partial charge is 0.0540 e. The van der Waals surface area contributed by atoms with Crippen LogP contribution < -0.4 is 19.6 Å². The maximum absolute atomic E-state index is 2.40. The fourth-order valence-corrected chi connectivity index (χ4v) is 12.7. The van der Waals surface area contributed by atoms with E-state index in [4.69, 9.17) is 0 Å². The van der Waals surface area contributed by atoms with Crippen molar-refractivity contribution < 1.29 is 0 Å². The minimum Gasteiger partial charge on any atom is -0.310 e. The topological polar surface area (TPSA) is 13.0 Å². The molecule has 0 saturated carbocycles. The van der Waals surface area contributed by atoms with E-state index in [-0.39, 0.29) is 10.8 Å². The van der Waals surface area contributed by atoms with Gasteiger partial charge in [-0.05, 0) is 176 Å². The molecule has 0 aliphatic rings. The van der Waals surface area contributed by atoms with Crippen molar-refractivity contribution in [3.05, 3.63) is 327 Å². The number of fused-ring (bicyclic) bond motifs is 4. The van der Waals surface area contributed by atoms with Gasteiger partial charge < -0.3 is 19.6 Å². The first kappa shape index (κ1) is 55.2. The summed E-state index contributed by atoms with van der Waals surface area (Å²) in [5.41, 5.74) is 18.1. The van der Waals surface area contributed by atoms with E-state index in [1.165, 1.54) is 54.2 Å². The Kier molecular flexibility index (Phi) is 14.4. The lowest BCUT2D eigenvalue weighted by molar-refractivity contribution is 0.590. The van der Waals surface area contributed by atoms with Gasteiger partial charge in [0.05, 0.1) is 22.7 Å². The molecule has 0 bridgehead atoms. The Balaban J connectivity index is 0.816. The van der Waals surface area contributed by atoms with Gasteiger partial charge in [0.25, 0.3) is 0 Å². The molecule has 0 radical (unpaired) electrons. The molecule has 0 amide bonds. The van der Waals surface area contributed by atoms with Crippen LogP contribution in [0.25, 0.3) is 54.2 Å². The van der Waals surface area contributed by atoms with E-state index in [1.807, 2.05) is 0 Å². The van der Waals surface area contributed by atoms with E-state index < -0.39 is 0 Å². The molecule has 0 aliphatic heterocycles. The monoisotopic (exact) mass is 1130 g/mol. The molecule has 0 atom stereocenters. The zero-order valence-corrected chi connectivity index (χ0v) is 50.8. The second-order valence-electron chi connectivity index (χ2n) is 25.1. The highest BCUT2D eigenvalue weighted by Crippen LogP contribution is 2.47. The Morgan fingerprint density at radius 3 is 0.580 bits per heavy atom. The Morgan fingerprint density at radius 2 is 0.364 bits per heavy atom. The molecule has 0 aromatic heterocycles. The Morgan fingerprint density at radius 1 is 0.182 bits per heavy atom. The molecule has 0 N–H and O–H groups in total. The van der Waals surface area contributed by atoms with Gasteiger partial charge in [0.15, 0.2) is 0 Å². The molecule has 14 rings (SSSR count). The van der Waals surface area contributed by atoms with Crippen molar-refractivity contribution in [2.24, 2.45) is 0 Å². The number of nitrogens with zero attached hydrogens (tertiary/aromatic N) is 4. The quantitative estimate of drug-likeness (QED) is 0.114. The Labute approximate surface area is 518 Å². The summed E-state index contributed by atoms with van der Waals surface area (Å²) in [6.07, 6.45) is 0. The zero-order chi connectivity index (χ0) is 59.9.